The Kier molecular flexibility index (Phi) is 5.24. The first-order valence-corrected chi connectivity index (χ1v) is 13.5. The van der Waals surface area contributed by atoms with Crippen molar-refractivity contribution < 1.29 is 9.53 Å². The summed E-state index contributed by atoms with van der Waals surface area (Å²) in [6.45, 7) is 8.11. The van der Waals surface area contributed by atoms with Gasteiger partial charge in [0.05, 0.1) is 11.7 Å². The van der Waals surface area contributed by atoms with Gasteiger partial charge >= 0.3 is 0 Å². The third kappa shape index (κ3) is 4.39. The zero-order chi connectivity index (χ0) is 20.6. The minimum absolute atomic E-state index is 0.173. The monoisotopic (exact) mass is 427 g/mol. The van der Waals surface area contributed by atoms with Crippen LogP contribution in [0, 0.1) is 0 Å². The van der Waals surface area contributed by atoms with Crippen LogP contribution in [0.5, 0.6) is 0 Å². The van der Waals surface area contributed by atoms with E-state index in [0.717, 1.165) is 23.6 Å². The minimum atomic E-state index is -1.11. The number of imidazole rings is 1. The minimum Gasteiger partial charge on any atom is -0.360 e. The van der Waals surface area contributed by atoms with E-state index < -0.39 is 8.07 Å². The molecule has 0 radical (unpaired) electrons. The fourth-order valence-corrected chi connectivity index (χ4v) is 3.87. The maximum absolute atomic E-state index is 13.0. The van der Waals surface area contributed by atoms with Gasteiger partial charge in [0.25, 0.3) is 0 Å². The van der Waals surface area contributed by atoms with Crippen LogP contribution in [0.1, 0.15) is 16.1 Å². The largest absolute Gasteiger partial charge is 0.360 e. The van der Waals surface area contributed by atoms with E-state index in [0.29, 0.717) is 28.8 Å². The molecule has 0 aliphatic carbocycles. The van der Waals surface area contributed by atoms with Gasteiger partial charge in [0.2, 0.25) is 5.78 Å². The van der Waals surface area contributed by atoms with Gasteiger partial charge in [-0.05, 0) is 36.4 Å². The molecule has 9 heteroatoms. The van der Waals surface area contributed by atoms with Gasteiger partial charge in [-0.25, -0.2) is 14.2 Å². The Morgan fingerprint density at radius 3 is 2.79 bits per heavy atom. The highest BCUT2D eigenvalue weighted by Crippen LogP contribution is 2.19. The topological polar surface area (TPSA) is 74.3 Å². The number of nitrogens with zero attached hydrogens (tertiary/aromatic N) is 5. The first-order chi connectivity index (χ1) is 13.8. The summed E-state index contributed by atoms with van der Waals surface area (Å²) in [4.78, 5) is 17.2. The van der Waals surface area contributed by atoms with Gasteiger partial charge in [-0.2, -0.15) is 10.2 Å². The van der Waals surface area contributed by atoms with Crippen LogP contribution >= 0.6 is 11.6 Å². The summed E-state index contributed by atoms with van der Waals surface area (Å²) in [5.74, 6) is -0.173. The van der Waals surface area contributed by atoms with E-state index in [1.807, 2.05) is 18.3 Å². The summed E-state index contributed by atoms with van der Waals surface area (Å²) in [5.41, 5.74) is 2.29. The maximum Gasteiger partial charge on any atom is 0.213 e. The van der Waals surface area contributed by atoms with Crippen LogP contribution in [0.2, 0.25) is 30.8 Å². The summed E-state index contributed by atoms with van der Waals surface area (Å²) in [5, 5.41) is 9.87. The predicted molar refractivity (Wildman–Crippen MR) is 115 cm³/mol. The Labute approximate surface area is 174 Å². The quantitative estimate of drug-likeness (QED) is 0.250. The summed E-state index contributed by atoms with van der Waals surface area (Å²) in [6.07, 6.45) is 3.41. The van der Waals surface area contributed by atoms with Crippen molar-refractivity contribution in [1.82, 2.24) is 24.4 Å². The second-order valence-corrected chi connectivity index (χ2v) is 14.2. The van der Waals surface area contributed by atoms with Gasteiger partial charge in [0, 0.05) is 31.8 Å². The van der Waals surface area contributed by atoms with Gasteiger partial charge in [-0.1, -0.05) is 31.2 Å². The molecule has 0 saturated heterocycles. The maximum atomic E-state index is 13.0. The third-order valence-corrected chi connectivity index (χ3v) is 6.50. The molecule has 0 fully saturated rings. The summed E-state index contributed by atoms with van der Waals surface area (Å²) in [7, 11) is -1.11. The second-order valence-electron chi connectivity index (χ2n) is 8.19. The zero-order valence-electron chi connectivity index (χ0n) is 16.6. The number of ketones is 1. The molecule has 4 aromatic rings. The van der Waals surface area contributed by atoms with E-state index in [1.165, 1.54) is 10.7 Å². The molecule has 0 aliphatic heterocycles. The van der Waals surface area contributed by atoms with E-state index in [-0.39, 0.29) is 5.78 Å². The standard InChI is InChI=1S/C20H22ClN5O2Si/c1-29(2,3)9-8-28-13-25-12-15-10-14(4-5-16(15)23-25)20(27)17-11-22-19-7-6-18(21)24-26(17)19/h4-7,10-12H,8-9,13H2,1-3H3. The summed E-state index contributed by atoms with van der Waals surface area (Å²) in [6, 6.07) is 9.91. The van der Waals surface area contributed by atoms with Gasteiger partial charge in [-0.3, -0.25) is 4.79 Å². The Balaban J connectivity index is 1.54. The van der Waals surface area contributed by atoms with Gasteiger partial charge in [-0.15, -0.1) is 0 Å². The normalized spacial score (nSPS) is 12.1. The average molecular weight is 428 g/mol. The zero-order valence-corrected chi connectivity index (χ0v) is 18.3. The lowest BCUT2D eigenvalue weighted by molar-refractivity contribution is 0.0791. The highest BCUT2D eigenvalue weighted by Gasteiger charge is 2.17. The number of aromatic nitrogens is 5. The van der Waals surface area contributed by atoms with Crippen molar-refractivity contribution in [2.45, 2.75) is 32.4 Å². The number of carbonyl (C=O) groups is 1. The summed E-state index contributed by atoms with van der Waals surface area (Å²) >= 11 is 5.96. The molecule has 3 heterocycles. The van der Waals surface area contributed by atoms with E-state index in [1.54, 1.807) is 22.9 Å². The number of ether oxygens (including phenoxy) is 1. The van der Waals surface area contributed by atoms with Crippen molar-refractivity contribution in [2.75, 3.05) is 6.61 Å². The Morgan fingerprint density at radius 1 is 1.17 bits per heavy atom. The average Bonchev–Trinajstić information content (AvgIpc) is 3.26. The van der Waals surface area contributed by atoms with Crippen LogP contribution in [-0.4, -0.2) is 44.8 Å². The smallest absolute Gasteiger partial charge is 0.213 e. The molecular formula is C20H22ClN5O2Si. The fraction of sp³-hybridized carbons (Fsp3) is 0.300. The number of halogens is 1. The number of hydrogen-bond donors (Lipinski definition) is 0. The predicted octanol–water partition coefficient (Wildman–Crippen LogP) is 4.28. The number of hydrogen-bond acceptors (Lipinski definition) is 5. The van der Waals surface area contributed by atoms with Gasteiger partial charge in [0.15, 0.2) is 5.65 Å². The highest BCUT2D eigenvalue weighted by molar-refractivity contribution is 6.76. The SMILES string of the molecule is C[Si](C)(C)CCOCn1cc2cc(C(=O)c3cnc4ccc(Cl)nn34)ccc2n1. The molecule has 0 bridgehead atoms. The van der Waals surface area contributed by atoms with Crippen LogP contribution in [0.25, 0.3) is 16.6 Å². The molecule has 0 aliphatic rings. The van der Waals surface area contributed by atoms with E-state index in [9.17, 15) is 4.79 Å². The van der Waals surface area contributed by atoms with Gasteiger partial charge in [0.1, 0.15) is 17.6 Å². The molecule has 4 rings (SSSR count). The number of rotatable bonds is 7. The Bertz CT molecular complexity index is 1190. The van der Waals surface area contributed by atoms with Gasteiger partial charge < -0.3 is 4.74 Å². The molecule has 3 aromatic heterocycles. The number of fused-ring (bicyclic) bond motifs is 2. The molecule has 29 heavy (non-hydrogen) atoms. The molecule has 0 unspecified atom stereocenters. The van der Waals surface area contributed by atoms with E-state index in [2.05, 4.69) is 34.8 Å². The molecule has 0 amide bonds. The fourth-order valence-electron chi connectivity index (χ4n) is 2.97. The summed E-state index contributed by atoms with van der Waals surface area (Å²) < 4.78 is 8.98. The van der Waals surface area contributed by atoms with Crippen LogP contribution in [0.4, 0.5) is 0 Å². The lowest BCUT2D eigenvalue weighted by Crippen LogP contribution is -2.22. The molecule has 0 saturated carbocycles. The van der Waals surface area contributed by atoms with Crippen LogP contribution < -0.4 is 0 Å². The van der Waals surface area contributed by atoms with E-state index >= 15 is 0 Å². The lowest BCUT2D eigenvalue weighted by Gasteiger charge is -2.15. The van der Waals surface area contributed by atoms with Crippen molar-refractivity contribution in [3.63, 3.8) is 0 Å². The number of benzene rings is 1. The van der Waals surface area contributed by atoms with E-state index in [4.69, 9.17) is 16.3 Å². The van der Waals surface area contributed by atoms with Crippen LogP contribution in [0.3, 0.4) is 0 Å². The highest BCUT2D eigenvalue weighted by atomic mass is 35.5. The Morgan fingerprint density at radius 2 is 2.00 bits per heavy atom. The molecule has 150 valence electrons. The second kappa shape index (κ2) is 7.70. The molecule has 1 aromatic carbocycles. The first kappa shape index (κ1) is 19.7. The van der Waals surface area contributed by atoms with Crippen molar-refractivity contribution >= 4 is 42.0 Å². The van der Waals surface area contributed by atoms with Crippen molar-refractivity contribution in [3.05, 3.63) is 59.1 Å². The number of carbonyl (C=O) groups excluding carboxylic acids is 1. The molecular weight excluding hydrogens is 406 g/mol. The molecule has 0 spiro atoms. The first-order valence-electron chi connectivity index (χ1n) is 9.40. The third-order valence-electron chi connectivity index (χ3n) is 4.60. The van der Waals surface area contributed by atoms with Crippen LogP contribution in [0.15, 0.2) is 42.7 Å². The van der Waals surface area contributed by atoms with Crippen molar-refractivity contribution in [3.8, 4) is 0 Å². The lowest BCUT2D eigenvalue weighted by atomic mass is 10.1. The van der Waals surface area contributed by atoms with Crippen molar-refractivity contribution in [2.24, 2.45) is 0 Å². The van der Waals surface area contributed by atoms with Crippen molar-refractivity contribution in [1.29, 1.82) is 0 Å². The van der Waals surface area contributed by atoms with Crippen LogP contribution in [-0.2, 0) is 11.5 Å². The Hall–Kier alpha value is -2.55. The molecule has 0 N–H and O–H groups in total. The molecule has 0 atom stereocenters. The molecule has 7 nitrogen and oxygen atoms in total.